The van der Waals surface area contributed by atoms with Gasteiger partial charge in [-0.15, -0.1) is 0 Å². The Kier molecular flexibility index (Phi) is 6.23. The standard InChI is InChI=1S/C19H26ClN5O2/c1-5-24-6-8-25(9-7-24)18-10-13(2)21-19(23-18)22-15-12-16(26-3)14(20)11-17(15)27-4/h10-12H,5-9H2,1-4H3,(H,21,22,23). The molecule has 0 amide bonds. The van der Waals surface area contributed by atoms with Gasteiger partial charge in [-0.05, 0) is 13.5 Å². The molecule has 1 aromatic heterocycles. The average molecular weight is 392 g/mol. The lowest BCUT2D eigenvalue weighted by molar-refractivity contribution is 0.270. The molecule has 146 valence electrons. The highest BCUT2D eigenvalue weighted by Crippen LogP contribution is 2.37. The van der Waals surface area contributed by atoms with Gasteiger partial charge in [-0.1, -0.05) is 18.5 Å². The number of piperazine rings is 1. The Morgan fingerprint density at radius 3 is 2.37 bits per heavy atom. The summed E-state index contributed by atoms with van der Waals surface area (Å²) in [6.45, 7) is 9.26. The summed E-state index contributed by atoms with van der Waals surface area (Å²) in [7, 11) is 3.17. The number of aromatic nitrogens is 2. The van der Waals surface area contributed by atoms with Gasteiger partial charge in [0.1, 0.15) is 17.3 Å². The van der Waals surface area contributed by atoms with Crippen LogP contribution in [0.1, 0.15) is 12.6 Å². The number of likely N-dealkylation sites (N-methyl/N-ethyl adjacent to an activating group) is 1. The van der Waals surface area contributed by atoms with Crippen LogP contribution in [0.5, 0.6) is 11.5 Å². The van der Waals surface area contributed by atoms with Crippen LogP contribution in [0.15, 0.2) is 18.2 Å². The number of hydrogen-bond donors (Lipinski definition) is 1. The Morgan fingerprint density at radius 2 is 1.74 bits per heavy atom. The number of anilines is 3. The number of benzene rings is 1. The van der Waals surface area contributed by atoms with Crippen LogP contribution in [0, 0.1) is 6.92 Å². The topological polar surface area (TPSA) is 62.8 Å². The molecule has 0 atom stereocenters. The summed E-state index contributed by atoms with van der Waals surface area (Å²) in [5.74, 6) is 2.61. The van der Waals surface area contributed by atoms with Crippen molar-refractivity contribution in [2.24, 2.45) is 0 Å². The summed E-state index contributed by atoms with van der Waals surface area (Å²) < 4.78 is 10.7. The lowest BCUT2D eigenvalue weighted by atomic mass is 10.2. The SMILES string of the molecule is CCN1CCN(c2cc(C)nc(Nc3cc(OC)c(Cl)cc3OC)n2)CC1. The van der Waals surface area contributed by atoms with Gasteiger partial charge in [0, 0.05) is 50.1 Å². The minimum atomic E-state index is 0.486. The van der Waals surface area contributed by atoms with Crippen molar-refractivity contribution in [1.82, 2.24) is 14.9 Å². The zero-order valence-electron chi connectivity index (χ0n) is 16.3. The quantitative estimate of drug-likeness (QED) is 0.810. The Morgan fingerprint density at radius 1 is 1.04 bits per heavy atom. The maximum absolute atomic E-state index is 6.18. The zero-order chi connectivity index (χ0) is 19.4. The van der Waals surface area contributed by atoms with Crippen molar-refractivity contribution in [3.05, 3.63) is 28.9 Å². The molecule has 1 aromatic carbocycles. The number of nitrogens with one attached hydrogen (secondary N) is 1. The van der Waals surface area contributed by atoms with Gasteiger partial charge in [0.15, 0.2) is 0 Å². The molecule has 1 saturated heterocycles. The molecule has 1 N–H and O–H groups in total. The van der Waals surface area contributed by atoms with E-state index in [9.17, 15) is 0 Å². The molecule has 7 nitrogen and oxygen atoms in total. The highest BCUT2D eigenvalue weighted by atomic mass is 35.5. The van der Waals surface area contributed by atoms with E-state index in [0.29, 0.717) is 28.2 Å². The van der Waals surface area contributed by atoms with Gasteiger partial charge in [-0.2, -0.15) is 4.98 Å². The van der Waals surface area contributed by atoms with Crippen LogP contribution in [0.3, 0.4) is 0 Å². The van der Waals surface area contributed by atoms with Crippen LogP contribution in [0.4, 0.5) is 17.5 Å². The summed E-state index contributed by atoms with van der Waals surface area (Å²) in [6, 6.07) is 5.52. The smallest absolute Gasteiger partial charge is 0.229 e. The fraction of sp³-hybridized carbons (Fsp3) is 0.474. The van der Waals surface area contributed by atoms with Gasteiger partial charge < -0.3 is 24.6 Å². The second-order valence-corrected chi connectivity index (χ2v) is 6.83. The third kappa shape index (κ3) is 4.54. The first-order valence-electron chi connectivity index (χ1n) is 9.05. The van der Waals surface area contributed by atoms with Gasteiger partial charge >= 0.3 is 0 Å². The molecule has 1 aliphatic heterocycles. The Bertz CT molecular complexity index is 794. The second kappa shape index (κ2) is 8.63. The van der Waals surface area contributed by atoms with E-state index in [4.69, 9.17) is 26.1 Å². The average Bonchev–Trinajstić information content (AvgIpc) is 2.68. The number of ether oxygens (including phenoxy) is 2. The molecule has 0 aliphatic carbocycles. The van der Waals surface area contributed by atoms with Crippen LogP contribution >= 0.6 is 11.6 Å². The highest BCUT2D eigenvalue weighted by molar-refractivity contribution is 6.32. The van der Waals surface area contributed by atoms with E-state index in [0.717, 1.165) is 44.2 Å². The predicted octanol–water partition coefficient (Wildman–Crippen LogP) is 3.34. The molecule has 0 unspecified atom stereocenters. The first-order valence-corrected chi connectivity index (χ1v) is 9.43. The first-order chi connectivity index (χ1) is 13.0. The largest absolute Gasteiger partial charge is 0.495 e. The van der Waals surface area contributed by atoms with Crippen molar-refractivity contribution < 1.29 is 9.47 Å². The molecular weight excluding hydrogens is 366 g/mol. The number of rotatable bonds is 6. The highest BCUT2D eigenvalue weighted by Gasteiger charge is 2.18. The van der Waals surface area contributed by atoms with Gasteiger partial charge in [-0.25, -0.2) is 4.98 Å². The maximum Gasteiger partial charge on any atom is 0.229 e. The molecule has 2 heterocycles. The summed E-state index contributed by atoms with van der Waals surface area (Å²) in [5.41, 5.74) is 1.60. The van der Waals surface area contributed by atoms with Crippen molar-refractivity contribution >= 4 is 29.1 Å². The lowest BCUT2D eigenvalue weighted by Gasteiger charge is -2.34. The molecule has 2 aromatic rings. The van der Waals surface area contributed by atoms with E-state index < -0.39 is 0 Å². The van der Waals surface area contributed by atoms with Crippen molar-refractivity contribution in [1.29, 1.82) is 0 Å². The molecule has 27 heavy (non-hydrogen) atoms. The van der Waals surface area contributed by atoms with Gasteiger partial charge in [0.05, 0.1) is 24.9 Å². The van der Waals surface area contributed by atoms with E-state index in [1.807, 2.05) is 13.0 Å². The molecule has 3 rings (SSSR count). The molecule has 1 fully saturated rings. The minimum Gasteiger partial charge on any atom is -0.495 e. The molecule has 0 spiro atoms. The van der Waals surface area contributed by atoms with Crippen LogP contribution in [0.2, 0.25) is 5.02 Å². The molecule has 0 radical (unpaired) electrons. The van der Waals surface area contributed by atoms with Crippen LogP contribution < -0.4 is 19.7 Å². The van der Waals surface area contributed by atoms with Crippen molar-refractivity contribution in [2.45, 2.75) is 13.8 Å². The summed E-state index contributed by atoms with van der Waals surface area (Å²) >= 11 is 6.18. The Labute approximate surface area is 165 Å². The number of aryl methyl sites for hydroxylation is 1. The fourth-order valence-corrected chi connectivity index (χ4v) is 3.37. The number of nitrogens with zero attached hydrogens (tertiary/aromatic N) is 4. The van der Waals surface area contributed by atoms with Gasteiger partial charge in [0.2, 0.25) is 5.95 Å². The molecule has 1 aliphatic rings. The minimum absolute atomic E-state index is 0.486. The van der Waals surface area contributed by atoms with E-state index >= 15 is 0 Å². The Hall–Kier alpha value is -2.25. The van der Waals surface area contributed by atoms with Gasteiger partial charge in [0.25, 0.3) is 0 Å². The van der Waals surface area contributed by atoms with Crippen LogP contribution in [0.25, 0.3) is 0 Å². The number of methoxy groups -OCH3 is 2. The third-order valence-electron chi connectivity index (χ3n) is 4.70. The van der Waals surface area contributed by atoms with E-state index in [1.54, 1.807) is 26.4 Å². The van der Waals surface area contributed by atoms with Crippen molar-refractivity contribution in [2.75, 3.05) is 57.2 Å². The lowest BCUT2D eigenvalue weighted by Crippen LogP contribution is -2.46. The molecule has 0 bridgehead atoms. The summed E-state index contributed by atoms with van der Waals surface area (Å²) in [4.78, 5) is 14.0. The second-order valence-electron chi connectivity index (χ2n) is 6.42. The normalized spacial score (nSPS) is 14.9. The van der Waals surface area contributed by atoms with Gasteiger partial charge in [-0.3, -0.25) is 0 Å². The van der Waals surface area contributed by atoms with E-state index in [1.165, 1.54) is 0 Å². The fourth-order valence-electron chi connectivity index (χ4n) is 3.14. The number of hydrogen-bond acceptors (Lipinski definition) is 7. The summed E-state index contributed by atoms with van der Waals surface area (Å²) in [5, 5.41) is 3.73. The first kappa shape index (κ1) is 19.5. The Balaban J connectivity index is 1.85. The van der Waals surface area contributed by atoms with E-state index in [-0.39, 0.29) is 0 Å². The summed E-state index contributed by atoms with van der Waals surface area (Å²) in [6.07, 6.45) is 0. The van der Waals surface area contributed by atoms with Crippen molar-refractivity contribution in [3.63, 3.8) is 0 Å². The molecule has 8 heteroatoms. The predicted molar refractivity (Wildman–Crippen MR) is 109 cm³/mol. The number of halogens is 1. The van der Waals surface area contributed by atoms with Crippen LogP contribution in [-0.4, -0.2) is 61.8 Å². The van der Waals surface area contributed by atoms with Crippen molar-refractivity contribution in [3.8, 4) is 11.5 Å². The van der Waals surface area contributed by atoms with Crippen LogP contribution in [-0.2, 0) is 0 Å². The third-order valence-corrected chi connectivity index (χ3v) is 5.00. The maximum atomic E-state index is 6.18. The molecule has 0 saturated carbocycles. The van der Waals surface area contributed by atoms with E-state index in [2.05, 4.69) is 27.0 Å². The molecular formula is C19H26ClN5O2. The monoisotopic (exact) mass is 391 g/mol. The zero-order valence-corrected chi connectivity index (χ0v) is 17.0.